The van der Waals surface area contributed by atoms with Gasteiger partial charge in [-0.1, -0.05) is 45.0 Å². The van der Waals surface area contributed by atoms with Crippen LogP contribution in [0.5, 0.6) is 0 Å². The number of carbonyl (C=O) groups is 2. The molecule has 4 N–H and O–H groups in total. The van der Waals surface area contributed by atoms with Crippen LogP contribution in [0.2, 0.25) is 0 Å². The standard InChI is InChI=1S/C25H31N5O2/c1-15-5-10-22(25(15,3)4)29-23-20(24(26)32)13-28-30-14-19(11-21(23)30)18-8-6-17(7-9-18)12-27-16(2)31/h6-9,11,13-15,22,29H,5,10,12H2,1-4H3,(H2,26,32)(H,27,31)/t15?,22-/m1/s1. The highest BCUT2D eigenvalue weighted by atomic mass is 16.1. The minimum atomic E-state index is -0.489. The molecule has 7 nitrogen and oxygen atoms in total. The molecular weight excluding hydrogens is 402 g/mol. The smallest absolute Gasteiger partial charge is 0.252 e. The fraction of sp³-hybridized carbons (Fsp3) is 0.400. The molecule has 1 aromatic carbocycles. The largest absolute Gasteiger partial charge is 0.379 e. The molecule has 1 saturated carbocycles. The van der Waals surface area contributed by atoms with Crippen molar-refractivity contribution in [2.45, 2.75) is 53.1 Å². The molecule has 2 atom stereocenters. The van der Waals surface area contributed by atoms with Crippen LogP contribution in [0.3, 0.4) is 0 Å². The summed E-state index contributed by atoms with van der Waals surface area (Å²) in [6.45, 7) is 8.84. The molecule has 0 aliphatic heterocycles. The second-order valence-corrected chi connectivity index (χ2v) is 9.46. The van der Waals surface area contributed by atoms with Crippen molar-refractivity contribution in [1.82, 2.24) is 14.9 Å². The summed E-state index contributed by atoms with van der Waals surface area (Å²) in [7, 11) is 0. The predicted molar refractivity (Wildman–Crippen MR) is 126 cm³/mol. The van der Waals surface area contributed by atoms with Gasteiger partial charge in [0.25, 0.3) is 5.91 Å². The number of nitrogens with two attached hydrogens (primary N) is 1. The van der Waals surface area contributed by atoms with Crippen molar-refractivity contribution >= 4 is 23.0 Å². The van der Waals surface area contributed by atoms with Crippen LogP contribution in [0.25, 0.3) is 16.6 Å². The number of fused-ring (bicyclic) bond motifs is 1. The molecule has 7 heteroatoms. The van der Waals surface area contributed by atoms with Crippen LogP contribution in [0.4, 0.5) is 5.69 Å². The van der Waals surface area contributed by atoms with Crippen LogP contribution >= 0.6 is 0 Å². The molecule has 2 amide bonds. The van der Waals surface area contributed by atoms with E-state index in [0.29, 0.717) is 18.0 Å². The number of amides is 2. The van der Waals surface area contributed by atoms with Gasteiger partial charge in [0.1, 0.15) is 0 Å². The molecule has 0 saturated heterocycles. The zero-order valence-electron chi connectivity index (χ0n) is 19.1. The number of rotatable bonds is 6. The average Bonchev–Trinajstić information content (AvgIpc) is 3.29. The molecular formula is C25H31N5O2. The predicted octanol–water partition coefficient (Wildman–Crippen LogP) is 3.97. The quantitative estimate of drug-likeness (QED) is 0.547. The summed E-state index contributed by atoms with van der Waals surface area (Å²) in [4.78, 5) is 23.3. The van der Waals surface area contributed by atoms with Crippen LogP contribution < -0.4 is 16.4 Å². The van der Waals surface area contributed by atoms with Gasteiger partial charge in [-0.25, -0.2) is 4.52 Å². The van der Waals surface area contributed by atoms with Gasteiger partial charge in [-0.15, -0.1) is 0 Å². The number of hydrogen-bond donors (Lipinski definition) is 3. The van der Waals surface area contributed by atoms with Crippen molar-refractivity contribution < 1.29 is 9.59 Å². The number of primary amides is 1. The Morgan fingerprint density at radius 1 is 1.19 bits per heavy atom. The monoisotopic (exact) mass is 433 g/mol. The Morgan fingerprint density at radius 3 is 2.50 bits per heavy atom. The zero-order chi connectivity index (χ0) is 23.0. The maximum Gasteiger partial charge on any atom is 0.252 e. The molecule has 32 heavy (non-hydrogen) atoms. The molecule has 0 bridgehead atoms. The lowest BCUT2D eigenvalue weighted by molar-refractivity contribution is -0.119. The van der Waals surface area contributed by atoms with Gasteiger partial charge < -0.3 is 16.4 Å². The van der Waals surface area contributed by atoms with Crippen molar-refractivity contribution in [3.63, 3.8) is 0 Å². The van der Waals surface area contributed by atoms with Crippen molar-refractivity contribution in [2.75, 3.05) is 5.32 Å². The van der Waals surface area contributed by atoms with Gasteiger partial charge in [0, 0.05) is 31.3 Å². The van der Waals surface area contributed by atoms with Crippen molar-refractivity contribution in [3.05, 3.63) is 53.9 Å². The molecule has 1 unspecified atom stereocenters. The summed E-state index contributed by atoms with van der Waals surface area (Å²) in [6, 6.07) is 10.3. The van der Waals surface area contributed by atoms with Crippen molar-refractivity contribution in [3.8, 4) is 11.1 Å². The first kappa shape index (κ1) is 21.9. The van der Waals surface area contributed by atoms with E-state index in [0.717, 1.165) is 40.7 Å². The maximum absolute atomic E-state index is 12.2. The van der Waals surface area contributed by atoms with Crippen LogP contribution in [0.15, 0.2) is 42.7 Å². The van der Waals surface area contributed by atoms with Gasteiger partial charge in [0.05, 0.1) is 23.0 Å². The molecule has 1 aliphatic carbocycles. The molecule has 2 aromatic heterocycles. The van der Waals surface area contributed by atoms with E-state index in [1.807, 2.05) is 36.5 Å². The van der Waals surface area contributed by atoms with Crippen LogP contribution in [0.1, 0.15) is 56.5 Å². The van der Waals surface area contributed by atoms with Crippen molar-refractivity contribution in [1.29, 1.82) is 0 Å². The lowest BCUT2D eigenvalue weighted by atomic mass is 9.80. The molecule has 1 aliphatic rings. The Hall–Kier alpha value is -3.35. The summed E-state index contributed by atoms with van der Waals surface area (Å²) < 4.78 is 1.79. The minimum Gasteiger partial charge on any atom is -0.379 e. The first-order valence-electron chi connectivity index (χ1n) is 11.1. The Balaban J connectivity index is 1.70. The minimum absolute atomic E-state index is 0.0519. The van der Waals surface area contributed by atoms with Gasteiger partial charge >= 0.3 is 0 Å². The SMILES string of the molecule is CC(=O)NCc1ccc(-c2cc3c(N[C@@H]4CCC(C)C4(C)C)c(C(N)=O)cnn3c2)cc1. The Labute approximate surface area is 188 Å². The number of nitrogens with one attached hydrogen (secondary N) is 2. The summed E-state index contributed by atoms with van der Waals surface area (Å²) in [5, 5.41) is 10.9. The fourth-order valence-electron chi connectivity index (χ4n) is 4.53. The highest BCUT2D eigenvalue weighted by Gasteiger charge is 2.41. The Morgan fingerprint density at radius 2 is 1.91 bits per heavy atom. The second-order valence-electron chi connectivity index (χ2n) is 9.46. The third-order valence-electron chi connectivity index (χ3n) is 7.11. The van der Waals surface area contributed by atoms with E-state index in [9.17, 15) is 9.59 Å². The van der Waals surface area contributed by atoms with Gasteiger partial charge in [-0.3, -0.25) is 9.59 Å². The Kier molecular flexibility index (Phi) is 5.67. The molecule has 0 spiro atoms. The second kappa shape index (κ2) is 8.30. The lowest BCUT2D eigenvalue weighted by Gasteiger charge is -2.33. The van der Waals surface area contributed by atoms with E-state index in [1.54, 1.807) is 10.7 Å². The third kappa shape index (κ3) is 4.07. The molecule has 1 fully saturated rings. The molecule has 3 aromatic rings. The molecule has 4 rings (SSSR count). The first-order chi connectivity index (χ1) is 15.2. The summed E-state index contributed by atoms with van der Waals surface area (Å²) in [6.07, 6.45) is 5.69. The van der Waals surface area contributed by atoms with E-state index >= 15 is 0 Å². The fourth-order valence-corrected chi connectivity index (χ4v) is 4.53. The molecule has 168 valence electrons. The number of nitrogens with zero attached hydrogens (tertiary/aromatic N) is 2. The third-order valence-corrected chi connectivity index (χ3v) is 7.11. The lowest BCUT2D eigenvalue weighted by Crippen LogP contribution is -2.35. The van der Waals surface area contributed by atoms with Gasteiger partial charge in [-0.2, -0.15) is 5.10 Å². The average molecular weight is 434 g/mol. The highest BCUT2D eigenvalue weighted by molar-refractivity contribution is 6.02. The number of carbonyl (C=O) groups excluding carboxylic acids is 2. The van der Waals surface area contributed by atoms with Crippen LogP contribution in [-0.2, 0) is 11.3 Å². The van der Waals surface area contributed by atoms with Crippen molar-refractivity contribution in [2.24, 2.45) is 17.1 Å². The van der Waals surface area contributed by atoms with Gasteiger partial charge in [0.15, 0.2) is 0 Å². The Bertz CT molecular complexity index is 1160. The summed E-state index contributed by atoms with van der Waals surface area (Å²) >= 11 is 0. The number of anilines is 1. The number of hydrogen-bond acceptors (Lipinski definition) is 4. The maximum atomic E-state index is 12.2. The van der Waals surface area contributed by atoms with E-state index in [2.05, 4.69) is 36.5 Å². The topological polar surface area (TPSA) is 102 Å². The first-order valence-corrected chi connectivity index (χ1v) is 11.1. The molecule has 0 radical (unpaired) electrons. The summed E-state index contributed by atoms with van der Waals surface area (Å²) in [5.74, 6) is 0.0496. The van der Waals surface area contributed by atoms with Crippen LogP contribution in [-0.4, -0.2) is 27.5 Å². The van der Waals surface area contributed by atoms with Crippen LogP contribution in [0, 0.1) is 11.3 Å². The zero-order valence-corrected chi connectivity index (χ0v) is 19.1. The van der Waals surface area contributed by atoms with Gasteiger partial charge in [-0.05, 0) is 41.4 Å². The van der Waals surface area contributed by atoms with E-state index in [4.69, 9.17) is 5.73 Å². The number of aromatic nitrogens is 2. The van der Waals surface area contributed by atoms with E-state index < -0.39 is 5.91 Å². The van der Waals surface area contributed by atoms with E-state index in [-0.39, 0.29) is 17.4 Å². The van der Waals surface area contributed by atoms with Gasteiger partial charge in [0.2, 0.25) is 5.91 Å². The normalized spacial score (nSPS) is 19.8. The number of benzene rings is 1. The highest BCUT2D eigenvalue weighted by Crippen LogP contribution is 2.44. The summed E-state index contributed by atoms with van der Waals surface area (Å²) in [5.41, 5.74) is 10.8. The molecule has 2 heterocycles. The van der Waals surface area contributed by atoms with E-state index in [1.165, 1.54) is 6.92 Å².